The third-order valence-corrected chi connectivity index (χ3v) is 1.17. The first-order valence-corrected chi connectivity index (χ1v) is 2.72. The lowest BCUT2D eigenvalue weighted by atomic mass is 10.5. The Kier molecular flexibility index (Phi) is 1.59. The Morgan fingerprint density at radius 2 is 2.44 bits per heavy atom. The topological polar surface area (TPSA) is 55.7 Å². The molecule has 0 amide bonds. The van der Waals surface area contributed by atoms with E-state index in [1.165, 1.54) is 0 Å². The van der Waals surface area contributed by atoms with Crippen molar-refractivity contribution in [2.75, 3.05) is 13.7 Å². The van der Waals surface area contributed by atoms with Crippen molar-refractivity contribution >= 4 is 0 Å². The predicted octanol–water partition coefficient (Wildman–Crippen LogP) is -1.37. The van der Waals surface area contributed by atoms with Crippen LogP contribution in [0.3, 0.4) is 0 Å². The van der Waals surface area contributed by atoms with Gasteiger partial charge >= 0.3 is 0 Å². The second-order valence-electron chi connectivity index (χ2n) is 2.05. The molecule has 9 heavy (non-hydrogen) atoms. The van der Waals surface area contributed by atoms with Gasteiger partial charge < -0.3 is 20.4 Å². The first-order valence-electron chi connectivity index (χ1n) is 2.72. The van der Waals surface area contributed by atoms with Gasteiger partial charge in [0.1, 0.15) is 0 Å². The summed E-state index contributed by atoms with van der Waals surface area (Å²) < 4.78 is 0. The van der Waals surface area contributed by atoms with E-state index in [4.69, 9.17) is 10.2 Å². The Bertz CT molecular complexity index is 133. The third kappa shape index (κ3) is 1.34. The molecule has 0 bridgehead atoms. The second kappa shape index (κ2) is 2.24. The predicted molar refractivity (Wildman–Crippen MR) is 32.1 cm³/mol. The Morgan fingerprint density at radius 3 is 2.67 bits per heavy atom. The molecule has 0 radical (unpaired) electrons. The lowest BCUT2D eigenvalue weighted by molar-refractivity contribution is -0.0117. The number of nitrogens with zero attached hydrogens (tertiary/aromatic N) is 1. The van der Waals surface area contributed by atoms with Crippen molar-refractivity contribution in [2.24, 2.45) is 0 Å². The van der Waals surface area contributed by atoms with E-state index in [1.54, 1.807) is 6.20 Å². The molecular weight excluding hydrogens is 120 g/mol. The molecule has 0 spiro atoms. The first kappa shape index (κ1) is 6.38. The Labute approximate surface area is 53.4 Å². The number of hydrogen-bond acceptors (Lipinski definition) is 4. The van der Waals surface area contributed by atoms with Crippen LogP contribution >= 0.6 is 0 Å². The van der Waals surface area contributed by atoms with E-state index in [0.29, 0.717) is 12.4 Å². The average Bonchev–Trinajstić information content (AvgIpc) is 2.14. The quantitative estimate of drug-likeness (QED) is 0.383. The van der Waals surface area contributed by atoms with Crippen LogP contribution in [0.2, 0.25) is 0 Å². The van der Waals surface area contributed by atoms with E-state index < -0.39 is 6.29 Å². The molecule has 4 heteroatoms. The minimum Gasteiger partial charge on any atom is -0.366 e. The molecule has 0 unspecified atom stereocenters. The summed E-state index contributed by atoms with van der Waals surface area (Å²) >= 11 is 0. The van der Waals surface area contributed by atoms with Gasteiger partial charge in [0.2, 0.25) is 0 Å². The van der Waals surface area contributed by atoms with Crippen LogP contribution in [-0.4, -0.2) is 35.1 Å². The molecule has 0 aliphatic carbocycles. The molecule has 0 saturated carbocycles. The van der Waals surface area contributed by atoms with Gasteiger partial charge in [0.05, 0.1) is 12.4 Å². The molecule has 52 valence electrons. The van der Waals surface area contributed by atoms with Gasteiger partial charge in [-0.3, -0.25) is 0 Å². The summed E-state index contributed by atoms with van der Waals surface area (Å²) in [6.07, 6.45) is 0.292. The molecule has 0 aromatic heterocycles. The highest BCUT2D eigenvalue weighted by molar-refractivity contribution is 5.05. The fourth-order valence-electron chi connectivity index (χ4n) is 0.703. The van der Waals surface area contributed by atoms with Crippen LogP contribution in [0.25, 0.3) is 0 Å². The summed E-state index contributed by atoms with van der Waals surface area (Å²) in [5.41, 5.74) is 0.456. The van der Waals surface area contributed by atoms with Crippen molar-refractivity contribution in [3.63, 3.8) is 0 Å². The number of aliphatic hydroxyl groups is 2. The zero-order valence-electron chi connectivity index (χ0n) is 5.20. The molecule has 0 aromatic rings. The number of aliphatic hydroxyl groups excluding tert-OH is 1. The molecule has 1 rings (SSSR count). The van der Waals surface area contributed by atoms with E-state index in [-0.39, 0.29) is 0 Å². The molecule has 0 atom stereocenters. The molecule has 0 fully saturated rings. The Morgan fingerprint density at radius 1 is 1.78 bits per heavy atom. The normalized spacial score (nSPS) is 18.2. The van der Waals surface area contributed by atoms with Gasteiger partial charge in [0.15, 0.2) is 6.29 Å². The van der Waals surface area contributed by atoms with Crippen molar-refractivity contribution in [3.8, 4) is 0 Å². The summed E-state index contributed by atoms with van der Waals surface area (Å²) in [4.78, 5) is 1.83. The van der Waals surface area contributed by atoms with Gasteiger partial charge in [-0.25, -0.2) is 0 Å². The smallest absolute Gasteiger partial charge is 0.195 e. The molecule has 1 aliphatic rings. The van der Waals surface area contributed by atoms with Crippen LogP contribution in [-0.2, 0) is 0 Å². The molecule has 0 aromatic carbocycles. The SMILES string of the molecule is CN1C=C(C(O)O)NC1. The minimum absolute atomic E-state index is 0.456. The zero-order valence-corrected chi connectivity index (χ0v) is 5.20. The summed E-state index contributed by atoms with van der Waals surface area (Å²) in [5.74, 6) is 0. The summed E-state index contributed by atoms with van der Waals surface area (Å²) in [7, 11) is 1.85. The van der Waals surface area contributed by atoms with Crippen LogP contribution in [0.15, 0.2) is 11.9 Å². The highest BCUT2D eigenvalue weighted by Crippen LogP contribution is 2.02. The number of rotatable bonds is 1. The van der Waals surface area contributed by atoms with Gasteiger partial charge in [-0.15, -0.1) is 0 Å². The van der Waals surface area contributed by atoms with E-state index in [9.17, 15) is 0 Å². The summed E-state index contributed by atoms with van der Waals surface area (Å²) in [5, 5.41) is 19.9. The molecule has 1 heterocycles. The average molecular weight is 130 g/mol. The van der Waals surface area contributed by atoms with Crippen molar-refractivity contribution in [1.29, 1.82) is 0 Å². The van der Waals surface area contributed by atoms with Crippen molar-refractivity contribution in [3.05, 3.63) is 11.9 Å². The van der Waals surface area contributed by atoms with Gasteiger partial charge in [0.25, 0.3) is 0 Å². The van der Waals surface area contributed by atoms with Crippen molar-refractivity contribution in [1.82, 2.24) is 10.2 Å². The fraction of sp³-hybridized carbons (Fsp3) is 0.600. The number of nitrogens with one attached hydrogen (secondary N) is 1. The van der Waals surface area contributed by atoms with E-state index in [2.05, 4.69) is 5.32 Å². The molecule has 3 N–H and O–H groups in total. The van der Waals surface area contributed by atoms with Gasteiger partial charge in [0, 0.05) is 13.2 Å². The third-order valence-electron chi connectivity index (χ3n) is 1.17. The molecule has 0 saturated heterocycles. The minimum atomic E-state index is -1.37. The van der Waals surface area contributed by atoms with Gasteiger partial charge in [-0.2, -0.15) is 0 Å². The van der Waals surface area contributed by atoms with E-state index in [0.717, 1.165) is 0 Å². The standard InChI is InChI=1S/C5H10N2O2/c1-7-2-4(5(8)9)6-3-7/h2,5-6,8-9H,3H2,1H3. The lowest BCUT2D eigenvalue weighted by Crippen LogP contribution is -2.22. The van der Waals surface area contributed by atoms with Crippen LogP contribution in [0.5, 0.6) is 0 Å². The van der Waals surface area contributed by atoms with Crippen LogP contribution < -0.4 is 5.32 Å². The second-order valence-corrected chi connectivity index (χ2v) is 2.05. The zero-order chi connectivity index (χ0) is 6.85. The molecule has 1 aliphatic heterocycles. The Hall–Kier alpha value is -0.740. The largest absolute Gasteiger partial charge is 0.366 e. The van der Waals surface area contributed by atoms with E-state index in [1.807, 2.05) is 11.9 Å². The van der Waals surface area contributed by atoms with E-state index >= 15 is 0 Å². The summed E-state index contributed by atoms with van der Waals surface area (Å²) in [6, 6.07) is 0. The van der Waals surface area contributed by atoms with Crippen molar-refractivity contribution < 1.29 is 10.2 Å². The maximum absolute atomic E-state index is 8.57. The molecule has 4 nitrogen and oxygen atoms in total. The maximum atomic E-state index is 8.57. The van der Waals surface area contributed by atoms with Crippen LogP contribution in [0, 0.1) is 0 Å². The monoisotopic (exact) mass is 130 g/mol. The highest BCUT2D eigenvalue weighted by atomic mass is 16.5. The van der Waals surface area contributed by atoms with Crippen LogP contribution in [0.1, 0.15) is 0 Å². The van der Waals surface area contributed by atoms with Gasteiger partial charge in [-0.1, -0.05) is 0 Å². The molecular formula is C5H10N2O2. The first-order chi connectivity index (χ1) is 4.20. The number of hydrogen-bond donors (Lipinski definition) is 3. The van der Waals surface area contributed by atoms with Crippen molar-refractivity contribution in [2.45, 2.75) is 6.29 Å². The fourth-order valence-corrected chi connectivity index (χ4v) is 0.703. The maximum Gasteiger partial charge on any atom is 0.195 e. The Balaban J connectivity index is 2.52. The van der Waals surface area contributed by atoms with Crippen LogP contribution in [0.4, 0.5) is 0 Å². The highest BCUT2D eigenvalue weighted by Gasteiger charge is 2.12. The lowest BCUT2D eigenvalue weighted by Gasteiger charge is -2.03. The summed E-state index contributed by atoms with van der Waals surface area (Å²) in [6.45, 7) is 0.646. The van der Waals surface area contributed by atoms with Gasteiger partial charge in [-0.05, 0) is 0 Å².